The van der Waals surface area contributed by atoms with Crippen molar-refractivity contribution in [3.63, 3.8) is 0 Å². The molecule has 0 saturated carbocycles. The van der Waals surface area contributed by atoms with Crippen LogP contribution in [0.5, 0.6) is 5.75 Å². The Balaban J connectivity index is 1.40. The van der Waals surface area contributed by atoms with E-state index in [1.807, 2.05) is 48.5 Å². The van der Waals surface area contributed by atoms with Gasteiger partial charge in [-0.25, -0.2) is 9.18 Å². The van der Waals surface area contributed by atoms with Gasteiger partial charge in [-0.3, -0.25) is 0 Å². The van der Waals surface area contributed by atoms with Gasteiger partial charge in [-0.2, -0.15) is 0 Å². The van der Waals surface area contributed by atoms with E-state index in [2.05, 4.69) is 5.32 Å². The van der Waals surface area contributed by atoms with Gasteiger partial charge < -0.3 is 14.8 Å². The molecule has 3 aromatic rings. The molecule has 1 atom stereocenters. The van der Waals surface area contributed by atoms with Crippen LogP contribution in [0.25, 0.3) is 11.1 Å². The standard InChI is InChI=1S/C23H19ClFNO3/c24-21-9-5-4-8-19(21)20-12-17(25)10-16-11-18(29-22(16)20)13-26-23(27)28-14-15-6-2-1-3-7-15/h1-10,12,18H,11,13-14H2,(H,26,27). The highest BCUT2D eigenvalue weighted by molar-refractivity contribution is 6.33. The lowest BCUT2D eigenvalue weighted by Crippen LogP contribution is -2.34. The maximum absolute atomic E-state index is 14.2. The molecule has 1 aliphatic rings. The molecule has 0 bridgehead atoms. The molecule has 1 unspecified atom stereocenters. The van der Waals surface area contributed by atoms with Gasteiger partial charge >= 0.3 is 6.09 Å². The van der Waals surface area contributed by atoms with Crippen molar-refractivity contribution in [3.05, 3.63) is 88.7 Å². The first-order valence-electron chi connectivity index (χ1n) is 9.28. The summed E-state index contributed by atoms with van der Waals surface area (Å²) in [5.41, 5.74) is 2.98. The summed E-state index contributed by atoms with van der Waals surface area (Å²) in [6, 6.07) is 19.6. The Bertz CT molecular complexity index is 1030. The van der Waals surface area contributed by atoms with Crippen LogP contribution in [0.1, 0.15) is 11.1 Å². The summed E-state index contributed by atoms with van der Waals surface area (Å²) in [6.45, 7) is 0.451. The summed E-state index contributed by atoms with van der Waals surface area (Å²) in [4.78, 5) is 12.0. The first-order chi connectivity index (χ1) is 14.1. The fourth-order valence-corrected chi connectivity index (χ4v) is 3.60. The number of alkyl carbamates (subject to hydrolysis) is 1. The smallest absolute Gasteiger partial charge is 0.407 e. The van der Waals surface area contributed by atoms with Gasteiger partial charge in [0.1, 0.15) is 24.3 Å². The number of hydrogen-bond acceptors (Lipinski definition) is 3. The van der Waals surface area contributed by atoms with Crippen LogP contribution in [-0.2, 0) is 17.8 Å². The number of hydrogen-bond donors (Lipinski definition) is 1. The van der Waals surface area contributed by atoms with Crippen LogP contribution in [0.3, 0.4) is 0 Å². The summed E-state index contributed by atoms with van der Waals surface area (Å²) in [5.74, 6) is 0.252. The van der Waals surface area contributed by atoms with Crippen molar-refractivity contribution in [3.8, 4) is 16.9 Å². The van der Waals surface area contributed by atoms with Crippen LogP contribution in [0.15, 0.2) is 66.7 Å². The van der Waals surface area contributed by atoms with E-state index in [1.165, 1.54) is 12.1 Å². The van der Waals surface area contributed by atoms with E-state index in [-0.39, 0.29) is 25.1 Å². The van der Waals surface area contributed by atoms with Crippen LogP contribution in [-0.4, -0.2) is 18.7 Å². The molecular formula is C23H19ClFNO3. The predicted octanol–water partition coefficient (Wildman–Crippen LogP) is 5.38. The molecule has 29 heavy (non-hydrogen) atoms. The molecule has 0 fully saturated rings. The first kappa shape index (κ1) is 19.3. The normalized spacial score (nSPS) is 14.8. The van der Waals surface area contributed by atoms with Gasteiger partial charge in [0, 0.05) is 28.1 Å². The number of benzene rings is 3. The zero-order valence-corrected chi connectivity index (χ0v) is 16.3. The van der Waals surface area contributed by atoms with Crippen LogP contribution in [0.2, 0.25) is 5.02 Å². The highest BCUT2D eigenvalue weighted by Crippen LogP contribution is 2.41. The van der Waals surface area contributed by atoms with Crippen molar-refractivity contribution < 1.29 is 18.7 Å². The van der Waals surface area contributed by atoms with Crippen LogP contribution < -0.4 is 10.1 Å². The number of rotatable bonds is 5. The molecule has 1 heterocycles. The highest BCUT2D eigenvalue weighted by Gasteiger charge is 2.28. The lowest BCUT2D eigenvalue weighted by atomic mass is 10.00. The minimum atomic E-state index is -0.522. The second kappa shape index (κ2) is 8.53. The molecule has 0 aliphatic carbocycles. The van der Waals surface area contributed by atoms with Crippen molar-refractivity contribution >= 4 is 17.7 Å². The summed E-state index contributed by atoms with van der Waals surface area (Å²) >= 11 is 6.29. The number of ether oxygens (including phenoxy) is 2. The average Bonchev–Trinajstić information content (AvgIpc) is 3.14. The zero-order chi connectivity index (χ0) is 20.2. The number of carbonyl (C=O) groups excluding carboxylic acids is 1. The quantitative estimate of drug-likeness (QED) is 0.613. The van der Waals surface area contributed by atoms with E-state index in [0.29, 0.717) is 28.3 Å². The largest absolute Gasteiger partial charge is 0.487 e. The minimum Gasteiger partial charge on any atom is -0.487 e. The molecule has 3 aromatic carbocycles. The Morgan fingerprint density at radius 1 is 1.10 bits per heavy atom. The van der Waals surface area contributed by atoms with Gasteiger partial charge in [0.05, 0.1) is 6.54 Å². The molecule has 1 aliphatic heterocycles. The zero-order valence-electron chi connectivity index (χ0n) is 15.5. The number of amides is 1. The Hall–Kier alpha value is -3.05. The van der Waals surface area contributed by atoms with Crippen molar-refractivity contribution in [2.75, 3.05) is 6.54 Å². The van der Waals surface area contributed by atoms with E-state index in [9.17, 15) is 9.18 Å². The third kappa shape index (κ3) is 4.51. The fourth-order valence-electron chi connectivity index (χ4n) is 3.36. The van der Waals surface area contributed by atoms with Gasteiger partial charge in [-0.1, -0.05) is 60.1 Å². The number of halogens is 2. The molecule has 0 aromatic heterocycles. The Morgan fingerprint density at radius 3 is 2.66 bits per heavy atom. The van der Waals surface area contributed by atoms with Gasteiger partial charge in [-0.15, -0.1) is 0 Å². The maximum Gasteiger partial charge on any atom is 0.407 e. The minimum absolute atomic E-state index is 0.195. The number of carbonyl (C=O) groups is 1. The Kier molecular flexibility index (Phi) is 5.67. The second-order valence-electron chi connectivity index (χ2n) is 6.81. The second-order valence-corrected chi connectivity index (χ2v) is 7.22. The SMILES string of the molecule is O=C(NCC1Cc2cc(F)cc(-c3ccccc3Cl)c2O1)OCc1ccccc1. The molecule has 6 heteroatoms. The van der Waals surface area contributed by atoms with Crippen LogP contribution in [0.4, 0.5) is 9.18 Å². The van der Waals surface area contributed by atoms with E-state index < -0.39 is 6.09 Å². The Morgan fingerprint density at radius 2 is 1.86 bits per heavy atom. The lowest BCUT2D eigenvalue weighted by Gasteiger charge is -2.14. The van der Waals surface area contributed by atoms with Crippen molar-refractivity contribution in [1.82, 2.24) is 5.32 Å². The van der Waals surface area contributed by atoms with Crippen molar-refractivity contribution in [2.45, 2.75) is 19.1 Å². The number of nitrogens with one attached hydrogen (secondary N) is 1. The van der Waals surface area contributed by atoms with E-state index in [0.717, 1.165) is 11.1 Å². The predicted molar refractivity (Wildman–Crippen MR) is 110 cm³/mol. The third-order valence-electron chi connectivity index (χ3n) is 4.71. The van der Waals surface area contributed by atoms with E-state index in [4.69, 9.17) is 21.1 Å². The van der Waals surface area contributed by atoms with Gasteiger partial charge in [-0.05, 0) is 23.8 Å². The monoisotopic (exact) mass is 411 g/mol. The third-order valence-corrected chi connectivity index (χ3v) is 5.04. The molecule has 0 radical (unpaired) electrons. The lowest BCUT2D eigenvalue weighted by molar-refractivity contribution is 0.133. The molecule has 1 N–H and O–H groups in total. The molecule has 4 rings (SSSR count). The topological polar surface area (TPSA) is 47.6 Å². The molecule has 0 saturated heterocycles. The molecule has 4 nitrogen and oxygen atoms in total. The summed E-state index contributed by atoms with van der Waals surface area (Å²) in [7, 11) is 0. The summed E-state index contributed by atoms with van der Waals surface area (Å²) in [5, 5.41) is 3.23. The molecule has 1 amide bonds. The van der Waals surface area contributed by atoms with Gasteiger partial charge in [0.15, 0.2) is 0 Å². The fraction of sp³-hybridized carbons (Fsp3) is 0.174. The molecular weight excluding hydrogens is 393 g/mol. The van der Waals surface area contributed by atoms with Crippen molar-refractivity contribution in [2.24, 2.45) is 0 Å². The Labute approximate surface area is 173 Å². The van der Waals surface area contributed by atoms with E-state index in [1.54, 1.807) is 6.07 Å². The summed E-state index contributed by atoms with van der Waals surface area (Å²) < 4.78 is 25.4. The van der Waals surface area contributed by atoms with Crippen LogP contribution >= 0.6 is 11.6 Å². The van der Waals surface area contributed by atoms with Crippen LogP contribution in [0, 0.1) is 5.82 Å². The molecule has 0 spiro atoms. The molecule has 148 valence electrons. The van der Waals surface area contributed by atoms with Gasteiger partial charge in [0.25, 0.3) is 0 Å². The average molecular weight is 412 g/mol. The highest BCUT2D eigenvalue weighted by atomic mass is 35.5. The van der Waals surface area contributed by atoms with Gasteiger partial charge in [0.2, 0.25) is 0 Å². The number of fused-ring (bicyclic) bond motifs is 1. The maximum atomic E-state index is 14.2. The summed E-state index contributed by atoms with van der Waals surface area (Å²) in [6.07, 6.45) is -0.341. The van der Waals surface area contributed by atoms with Crippen molar-refractivity contribution in [1.29, 1.82) is 0 Å². The van der Waals surface area contributed by atoms with E-state index >= 15 is 0 Å². The first-order valence-corrected chi connectivity index (χ1v) is 9.66.